The molecule has 0 fully saturated rings. The maximum absolute atomic E-state index is 12.1. The molecule has 0 spiro atoms. The van der Waals surface area contributed by atoms with Gasteiger partial charge in [0, 0.05) is 4.88 Å². The van der Waals surface area contributed by atoms with Crippen molar-refractivity contribution in [2.24, 2.45) is 5.73 Å². The third kappa shape index (κ3) is 5.02. The van der Waals surface area contributed by atoms with Crippen LogP contribution in [0.4, 0.5) is 0 Å². The van der Waals surface area contributed by atoms with E-state index in [9.17, 15) is 13.2 Å². The SMILES string of the molecule is CNS(=O)(=O)c1ccc(CNC(=O)C(N)c2ccc(C)cc2)s1.Cl. The third-order valence-electron chi connectivity index (χ3n) is 3.33. The lowest BCUT2D eigenvalue weighted by Crippen LogP contribution is -2.33. The van der Waals surface area contributed by atoms with Gasteiger partial charge in [0.1, 0.15) is 10.3 Å². The van der Waals surface area contributed by atoms with Crippen molar-refractivity contribution in [1.82, 2.24) is 10.0 Å². The van der Waals surface area contributed by atoms with Crippen molar-refractivity contribution in [2.45, 2.75) is 23.7 Å². The van der Waals surface area contributed by atoms with Gasteiger partial charge in [-0.3, -0.25) is 4.79 Å². The summed E-state index contributed by atoms with van der Waals surface area (Å²) in [7, 11) is -2.09. The van der Waals surface area contributed by atoms with Crippen LogP contribution in [-0.4, -0.2) is 21.4 Å². The molecule has 2 rings (SSSR count). The molecule has 0 bridgehead atoms. The second-order valence-corrected chi connectivity index (χ2v) is 8.32. The Morgan fingerprint density at radius 2 is 1.83 bits per heavy atom. The number of rotatable bonds is 6. The molecule has 132 valence electrons. The van der Waals surface area contributed by atoms with Crippen LogP contribution >= 0.6 is 23.7 Å². The van der Waals surface area contributed by atoms with Crippen molar-refractivity contribution in [3.05, 3.63) is 52.4 Å². The van der Waals surface area contributed by atoms with E-state index in [2.05, 4.69) is 10.0 Å². The second-order valence-electron chi connectivity index (χ2n) is 5.03. The summed E-state index contributed by atoms with van der Waals surface area (Å²) in [5, 5.41) is 2.73. The Bertz CT molecular complexity index is 789. The lowest BCUT2D eigenvalue weighted by atomic mass is 10.1. The fourth-order valence-electron chi connectivity index (χ4n) is 1.91. The van der Waals surface area contributed by atoms with E-state index in [4.69, 9.17) is 5.73 Å². The smallest absolute Gasteiger partial charge is 0.249 e. The zero-order valence-electron chi connectivity index (χ0n) is 13.3. The number of sulfonamides is 1. The van der Waals surface area contributed by atoms with Gasteiger partial charge in [-0.15, -0.1) is 23.7 Å². The molecule has 9 heteroatoms. The van der Waals surface area contributed by atoms with Crippen molar-refractivity contribution in [1.29, 1.82) is 0 Å². The van der Waals surface area contributed by atoms with Crippen LogP contribution < -0.4 is 15.8 Å². The molecular weight excluding hydrogens is 370 g/mol. The van der Waals surface area contributed by atoms with Crippen LogP contribution in [0, 0.1) is 6.92 Å². The maximum atomic E-state index is 12.1. The number of benzene rings is 1. The molecule has 0 aliphatic carbocycles. The second kappa shape index (κ2) is 8.59. The maximum Gasteiger partial charge on any atom is 0.249 e. The molecule has 0 aliphatic heterocycles. The summed E-state index contributed by atoms with van der Waals surface area (Å²) in [5.41, 5.74) is 7.76. The van der Waals surface area contributed by atoms with Crippen molar-refractivity contribution < 1.29 is 13.2 Å². The third-order valence-corrected chi connectivity index (χ3v) is 6.32. The van der Waals surface area contributed by atoms with E-state index in [1.807, 2.05) is 31.2 Å². The minimum atomic E-state index is -3.45. The number of carbonyl (C=O) groups is 1. The Kier molecular flexibility index (Phi) is 7.37. The van der Waals surface area contributed by atoms with Crippen molar-refractivity contribution >= 4 is 39.7 Å². The molecule has 1 heterocycles. The van der Waals surface area contributed by atoms with Gasteiger partial charge in [0.25, 0.3) is 0 Å². The van der Waals surface area contributed by atoms with Crippen LogP contribution in [0.3, 0.4) is 0 Å². The molecule has 1 aromatic heterocycles. The van der Waals surface area contributed by atoms with E-state index in [0.717, 1.165) is 27.3 Å². The molecule has 4 N–H and O–H groups in total. The van der Waals surface area contributed by atoms with Gasteiger partial charge in [0.15, 0.2) is 0 Å². The minimum absolute atomic E-state index is 0. The number of nitrogens with one attached hydrogen (secondary N) is 2. The van der Waals surface area contributed by atoms with Crippen LogP contribution in [0.1, 0.15) is 22.0 Å². The van der Waals surface area contributed by atoms with E-state index >= 15 is 0 Å². The number of hydrogen-bond acceptors (Lipinski definition) is 5. The highest BCUT2D eigenvalue weighted by atomic mass is 35.5. The lowest BCUT2D eigenvalue weighted by Gasteiger charge is -2.12. The molecule has 0 saturated carbocycles. The fourth-order valence-corrected chi connectivity index (χ4v) is 4.04. The van der Waals surface area contributed by atoms with Crippen molar-refractivity contribution in [3.63, 3.8) is 0 Å². The number of aryl methyl sites for hydroxylation is 1. The summed E-state index contributed by atoms with van der Waals surface area (Å²) >= 11 is 1.11. The lowest BCUT2D eigenvalue weighted by molar-refractivity contribution is -0.122. The summed E-state index contributed by atoms with van der Waals surface area (Å²) in [4.78, 5) is 12.8. The number of amides is 1. The number of thiophene rings is 1. The minimum Gasteiger partial charge on any atom is -0.350 e. The van der Waals surface area contributed by atoms with Gasteiger partial charge in [-0.05, 0) is 31.7 Å². The first-order valence-electron chi connectivity index (χ1n) is 6.95. The van der Waals surface area contributed by atoms with Gasteiger partial charge in [-0.1, -0.05) is 29.8 Å². The fraction of sp³-hybridized carbons (Fsp3) is 0.267. The van der Waals surface area contributed by atoms with Crippen LogP contribution in [0.15, 0.2) is 40.6 Å². The Morgan fingerprint density at radius 3 is 2.42 bits per heavy atom. The van der Waals surface area contributed by atoms with Gasteiger partial charge in [0.05, 0.1) is 6.54 Å². The van der Waals surface area contributed by atoms with Crippen molar-refractivity contribution in [3.8, 4) is 0 Å². The molecule has 1 unspecified atom stereocenters. The first-order chi connectivity index (χ1) is 10.8. The first kappa shape index (κ1) is 20.6. The molecule has 0 saturated heterocycles. The Hall–Kier alpha value is -1.45. The average molecular weight is 390 g/mol. The highest BCUT2D eigenvalue weighted by Crippen LogP contribution is 2.21. The largest absolute Gasteiger partial charge is 0.350 e. The Morgan fingerprint density at radius 1 is 1.21 bits per heavy atom. The van der Waals surface area contributed by atoms with Gasteiger partial charge in [-0.2, -0.15) is 0 Å². The number of halogens is 1. The number of nitrogens with two attached hydrogens (primary N) is 1. The first-order valence-corrected chi connectivity index (χ1v) is 9.25. The molecule has 1 aromatic carbocycles. The van der Waals surface area contributed by atoms with Crippen LogP contribution in [-0.2, 0) is 21.4 Å². The predicted octanol–water partition coefficient (Wildman–Crippen LogP) is 1.70. The number of carbonyl (C=O) groups excluding carboxylic acids is 1. The average Bonchev–Trinajstić information content (AvgIpc) is 3.02. The van der Waals surface area contributed by atoms with Gasteiger partial charge >= 0.3 is 0 Å². The molecule has 24 heavy (non-hydrogen) atoms. The Balaban J connectivity index is 0.00000288. The van der Waals surface area contributed by atoms with E-state index in [0.29, 0.717) is 0 Å². The molecule has 6 nitrogen and oxygen atoms in total. The van der Waals surface area contributed by atoms with Gasteiger partial charge in [0.2, 0.25) is 15.9 Å². The summed E-state index contributed by atoms with van der Waals surface area (Å²) in [6, 6.07) is 9.87. The zero-order chi connectivity index (χ0) is 17.0. The normalized spacial score (nSPS) is 12.3. The number of hydrogen-bond donors (Lipinski definition) is 3. The monoisotopic (exact) mass is 389 g/mol. The summed E-state index contributed by atoms with van der Waals surface area (Å²) in [6.45, 7) is 2.20. The summed E-state index contributed by atoms with van der Waals surface area (Å²) in [6.07, 6.45) is 0. The molecule has 1 atom stereocenters. The highest BCUT2D eigenvalue weighted by Gasteiger charge is 2.17. The van der Waals surface area contributed by atoms with Crippen LogP contribution in [0.2, 0.25) is 0 Å². The quantitative estimate of drug-likeness (QED) is 0.699. The summed E-state index contributed by atoms with van der Waals surface area (Å²) < 4.78 is 25.8. The van der Waals surface area contributed by atoms with Gasteiger partial charge in [-0.25, -0.2) is 13.1 Å². The predicted molar refractivity (Wildman–Crippen MR) is 97.8 cm³/mol. The van der Waals surface area contributed by atoms with E-state index in [1.54, 1.807) is 6.07 Å². The van der Waals surface area contributed by atoms with E-state index in [-0.39, 0.29) is 29.1 Å². The molecular formula is C15H20ClN3O3S2. The van der Waals surface area contributed by atoms with Crippen LogP contribution in [0.5, 0.6) is 0 Å². The summed E-state index contributed by atoms with van der Waals surface area (Å²) in [5.74, 6) is -0.305. The molecule has 1 amide bonds. The van der Waals surface area contributed by atoms with Crippen molar-refractivity contribution in [2.75, 3.05) is 7.05 Å². The molecule has 2 aromatic rings. The van der Waals surface area contributed by atoms with Crippen LogP contribution in [0.25, 0.3) is 0 Å². The topological polar surface area (TPSA) is 101 Å². The van der Waals surface area contributed by atoms with Gasteiger partial charge < -0.3 is 11.1 Å². The molecule has 0 aliphatic rings. The molecule has 0 radical (unpaired) electrons. The van der Waals surface area contributed by atoms with E-state index < -0.39 is 16.1 Å². The highest BCUT2D eigenvalue weighted by molar-refractivity contribution is 7.91. The van der Waals surface area contributed by atoms with E-state index in [1.165, 1.54) is 13.1 Å². The standard InChI is InChI=1S/C15H19N3O3S2.ClH/c1-10-3-5-11(6-4-10)14(16)15(19)18-9-12-7-8-13(22-12)23(20,21)17-2;/h3-8,14,17H,9,16H2,1-2H3,(H,18,19);1H. The Labute approximate surface area is 151 Å². The zero-order valence-corrected chi connectivity index (χ0v) is 15.7.